The molecule has 1 aliphatic heterocycles. The van der Waals surface area contributed by atoms with E-state index < -0.39 is 5.82 Å². The number of hydrogen-bond donors (Lipinski definition) is 0. The third-order valence-corrected chi connectivity index (χ3v) is 4.43. The largest absolute Gasteiger partial charge is 0.336 e. The molecular weight excluding hydrogens is 249 g/mol. The summed E-state index contributed by atoms with van der Waals surface area (Å²) in [6.45, 7) is 7.28. The summed E-state index contributed by atoms with van der Waals surface area (Å²) in [6.07, 6.45) is 0. The molecule has 1 aliphatic rings. The molecule has 2 rings (SSSR count). The topological polar surface area (TPSA) is 20.3 Å². The van der Waals surface area contributed by atoms with Crippen LogP contribution < -0.4 is 0 Å². The summed E-state index contributed by atoms with van der Waals surface area (Å²) in [5.74, 6) is 0.328. The highest BCUT2D eigenvalue weighted by atomic mass is 32.2. The molecule has 2 nitrogen and oxygen atoms in total. The molecule has 0 atom stereocenters. The molecule has 1 heterocycles. The maximum Gasteiger partial charge on any atom is 0.256 e. The van der Waals surface area contributed by atoms with Gasteiger partial charge in [-0.2, -0.15) is 11.8 Å². The van der Waals surface area contributed by atoms with Gasteiger partial charge in [-0.1, -0.05) is 12.1 Å². The number of aryl methyl sites for hydroxylation is 1. The Hall–Kier alpha value is -1.03. The first-order valence-corrected chi connectivity index (χ1v) is 7.08. The highest BCUT2D eigenvalue weighted by molar-refractivity contribution is 8.00. The molecule has 18 heavy (non-hydrogen) atoms. The Morgan fingerprint density at radius 3 is 2.83 bits per heavy atom. The summed E-state index contributed by atoms with van der Waals surface area (Å²) in [6, 6.07) is 4.98. The molecule has 0 N–H and O–H groups in total. The minimum atomic E-state index is -0.390. The maximum atomic E-state index is 13.9. The van der Waals surface area contributed by atoms with Crippen molar-refractivity contribution >= 4 is 17.7 Å². The fourth-order valence-electron chi connectivity index (χ4n) is 2.17. The third-order valence-electron chi connectivity index (χ3n) is 3.14. The lowest BCUT2D eigenvalue weighted by atomic mass is 10.1. The minimum absolute atomic E-state index is 0.0498. The summed E-state index contributed by atoms with van der Waals surface area (Å²) in [7, 11) is 0. The third kappa shape index (κ3) is 2.69. The Bertz CT molecular complexity index is 473. The Morgan fingerprint density at radius 2 is 2.17 bits per heavy atom. The SMILES string of the molecule is Cc1cccc(C(=O)N2CCSC(C)(C)C2)c1F. The number of nitrogens with zero attached hydrogens (tertiary/aromatic N) is 1. The molecule has 0 aliphatic carbocycles. The van der Waals surface area contributed by atoms with Gasteiger partial charge in [0, 0.05) is 23.6 Å². The highest BCUT2D eigenvalue weighted by Crippen LogP contribution is 2.30. The zero-order chi connectivity index (χ0) is 13.3. The second kappa shape index (κ2) is 4.92. The summed E-state index contributed by atoms with van der Waals surface area (Å²) >= 11 is 1.86. The van der Waals surface area contributed by atoms with Crippen LogP contribution in [0.1, 0.15) is 29.8 Å². The van der Waals surface area contributed by atoms with Crippen LogP contribution in [0.2, 0.25) is 0 Å². The van der Waals surface area contributed by atoms with Crippen LogP contribution in [-0.4, -0.2) is 34.4 Å². The van der Waals surface area contributed by atoms with Gasteiger partial charge in [0.25, 0.3) is 5.91 Å². The zero-order valence-electron chi connectivity index (χ0n) is 11.0. The lowest BCUT2D eigenvalue weighted by Crippen LogP contribution is -2.46. The Labute approximate surface area is 112 Å². The number of carbonyl (C=O) groups excluding carboxylic acids is 1. The minimum Gasteiger partial charge on any atom is -0.336 e. The van der Waals surface area contributed by atoms with E-state index in [4.69, 9.17) is 0 Å². The summed E-state index contributed by atoms with van der Waals surface area (Å²) < 4.78 is 14.0. The van der Waals surface area contributed by atoms with Gasteiger partial charge in [0.05, 0.1) is 5.56 Å². The second-order valence-corrected chi connectivity index (χ2v) is 7.07. The fraction of sp³-hybridized carbons (Fsp3) is 0.500. The smallest absolute Gasteiger partial charge is 0.256 e. The van der Waals surface area contributed by atoms with Crippen molar-refractivity contribution in [1.82, 2.24) is 4.90 Å². The van der Waals surface area contributed by atoms with Crippen LogP contribution in [0.3, 0.4) is 0 Å². The Kier molecular flexibility index (Phi) is 3.66. The van der Waals surface area contributed by atoms with E-state index in [1.165, 1.54) is 0 Å². The van der Waals surface area contributed by atoms with E-state index in [9.17, 15) is 9.18 Å². The number of thioether (sulfide) groups is 1. The molecule has 0 radical (unpaired) electrons. The predicted molar refractivity (Wildman–Crippen MR) is 73.6 cm³/mol. The maximum absolute atomic E-state index is 13.9. The van der Waals surface area contributed by atoms with Gasteiger partial charge in [-0.3, -0.25) is 4.79 Å². The molecule has 1 amide bonds. The van der Waals surface area contributed by atoms with Crippen LogP contribution in [0.5, 0.6) is 0 Å². The fourth-order valence-corrected chi connectivity index (χ4v) is 3.28. The number of halogens is 1. The van der Waals surface area contributed by atoms with Gasteiger partial charge >= 0.3 is 0 Å². The number of amides is 1. The quantitative estimate of drug-likeness (QED) is 0.779. The molecule has 0 bridgehead atoms. The summed E-state index contributed by atoms with van der Waals surface area (Å²) in [5, 5.41) is 0. The van der Waals surface area contributed by atoms with Crippen molar-refractivity contribution < 1.29 is 9.18 Å². The van der Waals surface area contributed by atoms with E-state index in [0.29, 0.717) is 18.7 Å². The van der Waals surface area contributed by atoms with Gasteiger partial charge in [-0.25, -0.2) is 4.39 Å². The molecule has 0 aromatic heterocycles. The Balaban J connectivity index is 2.23. The van der Waals surface area contributed by atoms with Gasteiger partial charge in [0.15, 0.2) is 0 Å². The number of carbonyl (C=O) groups is 1. The van der Waals surface area contributed by atoms with Crippen LogP contribution in [0.4, 0.5) is 4.39 Å². The van der Waals surface area contributed by atoms with Crippen molar-refractivity contribution in [3.05, 3.63) is 35.1 Å². The standard InChI is InChI=1S/C14H18FNOS/c1-10-5-4-6-11(12(10)15)13(17)16-7-8-18-14(2,3)9-16/h4-6H,7-9H2,1-3H3. The first-order valence-electron chi connectivity index (χ1n) is 6.09. The number of rotatable bonds is 1. The first-order chi connectivity index (χ1) is 8.41. The molecule has 98 valence electrons. The van der Waals surface area contributed by atoms with E-state index in [1.807, 2.05) is 11.8 Å². The molecule has 1 aromatic carbocycles. The Morgan fingerprint density at radius 1 is 1.44 bits per heavy atom. The van der Waals surface area contributed by atoms with Gasteiger partial charge in [0.1, 0.15) is 5.82 Å². The van der Waals surface area contributed by atoms with E-state index >= 15 is 0 Å². The van der Waals surface area contributed by atoms with Crippen molar-refractivity contribution in [1.29, 1.82) is 0 Å². The molecule has 1 saturated heterocycles. The van der Waals surface area contributed by atoms with E-state index in [0.717, 1.165) is 5.75 Å². The van der Waals surface area contributed by atoms with Crippen molar-refractivity contribution in [2.45, 2.75) is 25.5 Å². The molecule has 0 unspecified atom stereocenters. The van der Waals surface area contributed by atoms with Crippen molar-refractivity contribution in [2.24, 2.45) is 0 Å². The van der Waals surface area contributed by atoms with E-state index in [1.54, 1.807) is 30.0 Å². The molecular formula is C14H18FNOS. The molecule has 0 spiro atoms. The van der Waals surface area contributed by atoms with Crippen LogP contribution >= 0.6 is 11.8 Å². The predicted octanol–water partition coefficient (Wildman–Crippen LogP) is 3.10. The van der Waals surface area contributed by atoms with Crippen LogP contribution in [0, 0.1) is 12.7 Å². The molecule has 1 fully saturated rings. The van der Waals surface area contributed by atoms with E-state index in [-0.39, 0.29) is 16.2 Å². The normalized spacial score (nSPS) is 18.8. The monoisotopic (exact) mass is 267 g/mol. The van der Waals surface area contributed by atoms with Gasteiger partial charge < -0.3 is 4.90 Å². The zero-order valence-corrected chi connectivity index (χ0v) is 11.8. The molecule has 0 saturated carbocycles. The highest BCUT2D eigenvalue weighted by Gasteiger charge is 2.31. The number of benzene rings is 1. The van der Waals surface area contributed by atoms with Gasteiger partial charge in [0.2, 0.25) is 0 Å². The summed E-state index contributed by atoms with van der Waals surface area (Å²) in [4.78, 5) is 14.1. The average Bonchev–Trinajstić information content (AvgIpc) is 2.30. The van der Waals surface area contributed by atoms with Gasteiger partial charge in [-0.05, 0) is 32.4 Å². The second-order valence-electron chi connectivity index (χ2n) is 5.27. The molecule has 1 aromatic rings. The van der Waals surface area contributed by atoms with Crippen LogP contribution in [0.25, 0.3) is 0 Å². The van der Waals surface area contributed by atoms with Crippen LogP contribution in [0.15, 0.2) is 18.2 Å². The van der Waals surface area contributed by atoms with E-state index in [2.05, 4.69) is 13.8 Å². The van der Waals surface area contributed by atoms with Gasteiger partial charge in [-0.15, -0.1) is 0 Å². The first kappa shape index (κ1) is 13.4. The van der Waals surface area contributed by atoms with Crippen molar-refractivity contribution in [2.75, 3.05) is 18.8 Å². The lowest BCUT2D eigenvalue weighted by molar-refractivity contribution is 0.0743. The lowest BCUT2D eigenvalue weighted by Gasteiger charge is -2.37. The average molecular weight is 267 g/mol. The molecule has 4 heteroatoms. The van der Waals surface area contributed by atoms with Crippen LogP contribution in [-0.2, 0) is 0 Å². The van der Waals surface area contributed by atoms with Crippen molar-refractivity contribution in [3.8, 4) is 0 Å². The summed E-state index contributed by atoms with van der Waals surface area (Å²) in [5.41, 5.74) is 0.712. The number of hydrogen-bond acceptors (Lipinski definition) is 2. The van der Waals surface area contributed by atoms with Crippen molar-refractivity contribution in [3.63, 3.8) is 0 Å².